The van der Waals surface area contributed by atoms with Gasteiger partial charge in [-0.2, -0.15) is 0 Å². The first-order valence-corrected chi connectivity index (χ1v) is 6.64. The van der Waals surface area contributed by atoms with Crippen molar-refractivity contribution >= 4 is 11.7 Å². The van der Waals surface area contributed by atoms with Crippen molar-refractivity contribution < 1.29 is 19.1 Å². The Kier molecular flexibility index (Phi) is 4.61. The average molecular weight is 277 g/mol. The van der Waals surface area contributed by atoms with Crippen LogP contribution in [0.3, 0.4) is 0 Å². The van der Waals surface area contributed by atoms with Crippen molar-refractivity contribution in [1.29, 1.82) is 0 Å². The predicted molar refractivity (Wildman–Crippen MR) is 74.1 cm³/mol. The van der Waals surface area contributed by atoms with E-state index in [4.69, 9.17) is 9.47 Å². The number of methoxy groups -OCH3 is 2. The number of likely N-dealkylation sites (tertiary alicyclic amines) is 1. The maximum Gasteiger partial charge on any atom is 0.227 e. The number of nitrogens with zero attached hydrogens (tertiary/aromatic N) is 1. The van der Waals surface area contributed by atoms with Gasteiger partial charge in [0.25, 0.3) is 0 Å². The number of hydrogen-bond donors (Lipinski definition) is 0. The van der Waals surface area contributed by atoms with Crippen LogP contribution in [0.2, 0.25) is 0 Å². The molecular weight excluding hydrogens is 258 g/mol. The highest BCUT2D eigenvalue weighted by atomic mass is 16.5. The van der Waals surface area contributed by atoms with Gasteiger partial charge in [-0.3, -0.25) is 9.59 Å². The van der Waals surface area contributed by atoms with Gasteiger partial charge in [0.1, 0.15) is 5.78 Å². The maximum atomic E-state index is 12.2. The molecule has 5 nitrogen and oxygen atoms in total. The van der Waals surface area contributed by atoms with E-state index >= 15 is 0 Å². The molecular formula is C15H19NO4. The van der Waals surface area contributed by atoms with Crippen LogP contribution < -0.4 is 9.47 Å². The third-order valence-corrected chi connectivity index (χ3v) is 3.48. The number of benzene rings is 1. The minimum Gasteiger partial charge on any atom is -0.493 e. The fourth-order valence-corrected chi connectivity index (χ4v) is 2.28. The fourth-order valence-electron chi connectivity index (χ4n) is 2.28. The molecule has 1 fully saturated rings. The van der Waals surface area contributed by atoms with Crippen molar-refractivity contribution in [2.45, 2.75) is 19.3 Å². The van der Waals surface area contributed by atoms with Gasteiger partial charge in [0, 0.05) is 25.9 Å². The van der Waals surface area contributed by atoms with Crippen molar-refractivity contribution in [3.63, 3.8) is 0 Å². The molecule has 1 amide bonds. The molecule has 0 aromatic heterocycles. The highest BCUT2D eigenvalue weighted by molar-refractivity contribution is 5.84. The lowest BCUT2D eigenvalue weighted by Gasteiger charge is -2.26. The Morgan fingerprint density at radius 2 is 1.80 bits per heavy atom. The van der Waals surface area contributed by atoms with Crippen molar-refractivity contribution in [1.82, 2.24) is 4.90 Å². The molecule has 2 rings (SSSR count). The second-order valence-electron chi connectivity index (χ2n) is 4.79. The predicted octanol–water partition coefficient (Wildman–Crippen LogP) is 1.44. The molecule has 0 N–H and O–H groups in total. The molecule has 1 saturated heterocycles. The summed E-state index contributed by atoms with van der Waals surface area (Å²) in [5, 5.41) is 0. The van der Waals surface area contributed by atoms with Gasteiger partial charge in [0.05, 0.1) is 20.6 Å². The molecule has 0 atom stereocenters. The number of amides is 1. The van der Waals surface area contributed by atoms with Crippen LogP contribution in [0.15, 0.2) is 18.2 Å². The van der Waals surface area contributed by atoms with E-state index in [0.717, 1.165) is 5.56 Å². The smallest absolute Gasteiger partial charge is 0.227 e. The summed E-state index contributed by atoms with van der Waals surface area (Å²) < 4.78 is 10.4. The Bertz CT molecular complexity index is 503. The summed E-state index contributed by atoms with van der Waals surface area (Å²) in [4.78, 5) is 25.1. The molecule has 0 aliphatic carbocycles. The zero-order valence-corrected chi connectivity index (χ0v) is 11.8. The number of piperidine rings is 1. The van der Waals surface area contributed by atoms with Crippen LogP contribution >= 0.6 is 0 Å². The zero-order chi connectivity index (χ0) is 14.5. The Hall–Kier alpha value is -2.04. The van der Waals surface area contributed by atoms with Crippen LogP contribution in [0.1, 0.15) is 18.4 Å². The Labute approximate surface area is 118 Å². The lowest BCUT2D eigenvalue weighted by atomic mass is 10.1. The van der Waals surface area contributed by atoms with Gasteiger partial charge in [-0.25, -0.2) is 0 Å². The van der Waals surface area contributed by atoms with E-state index in [1.165, 1.54) is 0 Å². The van der Waals surface area contributed by atoms with Crippen molar-refractivity contribution in [2.75, 3.05) is 27.3 Å². The van der Waals surface area contributed by atoms with Crippen molar-refractivity contribution in [3.8, 4) is 11.5 Å². The number of ketones is 1. The molecule has 1 aromatic rings. The van der Waals surface area contributed by atoms with Gasteiger partial charge in [-0.1, -0.05) is 6.07 Å². The van der Waals surface area contributed by atoms with E-state index in [9.17, 15) is 9.59 Å². The molecule has 0 bridgehead atoms. The van der Waals surface area contributed by atoms with E-state index in [0.29, 0.717) is 43.9 Å². The molecule has 1 heterocycles. The minimum absolute atomic E-state index is 0.0460. The average Bonchev–Trinajstić information content (AvgIpc) is 2.47. The highest BCUT2D eigenvalue weighted by Gasteiger charge is 2.21. The van der Waals surface area contributed by atoms with E-state index in [1.807, 2.05) is 12.1 Å². The SMILES string of the molecule is COc1ccc(CC(=O)N2CCC(=O)CC2)cc1OC. The second kappa shape index (κ2) is 6.41. The number of carbonyl (C=O) groups is 2. The van der Waals surface area contributed by atoms with Gasteiger partial charge in [0.2, 0.25) is 5.91 Å². The Balaban J connectivity index is 2.02. The normalized spacial score (nSPS) is 15.1. The number of rotatable bonds is 4. The summed E-state index contributed by atoms with van der Waals surface area (Å²) in [7, 11) is 3.15. The van der Waals surface area contributed by atoms with Crippen molar-refractivity contribution in [2.24, 2.45) is 0 Å². The molecule has 0 spiro atoms. The minimum atomic E-state index is 0.0460. The van der Waals surface area contributed by atoms with Crippen LogP contribution in [0.5, 0.6) is 11.5 Å². The molecule has 1 aromatic carbocycles. The quantitative estimate of drug-likeness (QED) is 0.835. The van der Waals surface area contributed by atoms with Crippen LogP contribution in [0.4, 0.5) is 0 Å². The van der Waals surface area contributed by atoms with Gasteiger partial charge in [-0.05, 0) is 17.7 Å². The molecule has 0 unspecified atom stereocenters. The van der Waals surface area contributed by atoms with Gasteiger partial charge < -0.3 is 14.4 Å². The van der Waals surface area contributed by atoms with Crippen LogP contribution in [-0.2, 0) is 16.0 Å². The van der Waals surface area contributed by atoms with E-state index < -0.39 is 0 Å². The summed E-state index contributed by atoms with van der Waals surface area (Å²) in [6, 6.07) is 5.46. The number of carbonyl (C=O) groups excluding carboxylic acids is 2. The third-order valence-electron chi connectivity index (χ3n) is 3.48. The Morgan fingerprint density at radius 1 is 1.15 bits per heavy atom. The van der Waals surface area contributed by atoms with Gasteiger partial charge >= 0.3 is 0 Å². The summed E-state index contributed by atoms with van der Waals surface area (Å²) in [5.41, 5.74) is 0.879. The zero-order valence-electron chi connectivity index (χ0n) is 11.8. The van der Waals surface area contributed by atoms with E-state index in [1.54, 1.807) is 25.2 Å². The lowest BCUT2D eigenvalue weighted by molar-refractivity contribution is -0.133. The first kappa shape index (κ1) is 14.4. The summed E-state index contributed by atoms with van der Waals surface area (Å²) in [5.74, 6) is 1.55. The molecule has 0 saturated carbocycles. The van der Waals surface area contributed by atoms with E-state index in [-0.39, 0.29) is 11.7 Å². The summed E-state index contributed by atoms with van der Waals surface area (Å²) >= 11 is 0. The monoisotopic (exact) mass is 277 g/mol. The summed E-state index contributed by atoms with van der Waals surface area (Å²) in [6.07, 6.45) is 1.25. The van der Waals surface area contributed by atoms with E-state index in [2.05, 4.69) is 0 Å². The highest BCUT2D eigenvalue weighted by Crippen LogP contribution is 2.27. The molecule has 0 radical (unpaired) electrons. The second-order valence-corrected chi connectivity index (χ2v) is 4.79. The summed E-state index contributed by atoms with van der Waals surface area (Å²) in [6.45, 7) is 1.07. The third kappa shape index (κ3) is 3.29. The first-order valence-electron chi connectivity index (χ1n) is 6.64. The van der Waals surface area contributed by atoms with Crippen LogP contribution in [-0.4, -0.2) is 43.9 Å². The first-order chi connectivity index (χ1) is 9.63. The fraction of sp³-hybridized carbons (Fsp3) is 0.467. The molecule has 108 valence electrons. The van der Waals surface area contributed by atoms with Gasteiger partial charge in [0.15, 0.2) is 11.5 Å². The Morgan fingerprint density at radius 3 is 2.40 bits per heavy atom. The van der Waals surface area contributed by atoms with Crippen LogP contribution in [0, 0.1) is 0 Å². The molecule has 20 heavy (non-hydrogen) atoms. The molecule has 1 aliphatic rings. The molecule has 5 heteroatoms. The number of Topliss-reactive ketones (excluding diaryl/α,β-unsaturated/α-hetero) is 1. The van der Waals surface area contributed by atoms with Gasteiger partial charge in [-0.15, -0.1) is 0 Å². The number of hydrogen-bond acceptors (Lipinski definition) is 4. The standard InChI is InChI=1S/C15H19NO4/c1-19-13-4-3-11(9-14(13)20-2)10-15(18)16-7-5-12(17)6-8-16/h3-4,9H,5-8,10H2,1-2H3. The van der Waals surface area contributed by atoms with Crippen LogP contribution in [0.25, 0.3) is 0 Å². The van der Waals surface area contributed by atoms with Crippen molar-refractivity contribution in [3.05, 3.63) is 23.8 Å². The number of ether oxygens (including phenoxy) is 2. The largest absolute Gasteiger partial charge is 0.493 e. The lowest BCUT2D eigenvalue weighted by Crippen LogP contribution is -2.39. The topological polar surface area (TPSA) is 55.8 Å². The maximum absolute atomic E-state index is 12.2. The molecule has 1 aliphatic heterocycles.